The maximum Gasteiger partial charge on any atom is 0.200 e. The van der Waals surface area contributed by atoms with E-state index in [2.05, 4.69) is 20.9 Å². The van der Waals surface area contributed by atoms with E-state index < -0.39 is 11.2 Å². The van der Waals surface area contributed by atoms with Crippen LogP contribution in [-0.4, -0.2) is 23.0 Å². The van der Waals surface area contributed by atoms with E-state index in [9.17, 15) is 9.90 Å². The number of benzene rings is 2. The average molecular weight is 452 g/mol. The predicted octanol–water partition coefficient (Wildman–Crippen LogP) is 4.08. The first-order valence-corrected chi connectivity index (χ1v) is 10.1. The molecule has 2 aliphatic rings. The van der Waals surface area contributed by atoms with Crippen molar-refractivity contribution < 1.29 is 19.4 Å². The fourth-order valence-electron chi connectivity index (χ4n) is 4.80. The van der Waals surface area contributed by atoms with Crippen LogP contribution in [0.25, 0.3) is 0 Å². The first-order valence-electron chi connectivity index (χ1n) is 9.30. The lowest BCUT2D eigenvalue weighted by atomic mass is 9.71. The number of Topliss-reactive ketones (excluding diaryl/α,β-unsaturated/α-hetero) is 1. The highest BCUT2D eigenvalue weighted by Crippen LogP contribution is 2.66. The lowest BCUT2D eigenvalue weighted by Crippen LogP contribution is -2.50. The quantitative estimate of drug-likeness (QED) is 0.649. The van der Waals surface area contributed by atoms with Crippen molar-refractivity contribution in [2.45, 2.75) is 23.5 Å². The molecule has 0 saturated heterocycles. The minimum atomic E-state index is -1.88. The number of ketones is 1. The van der Waals surface area contributed by atoms with Crippen molar-refractivity contribution in [2.24, 2.45) is 0 Å². The van der Waals surface area contributed by atoms with Crippen LogP contribution in [0.3, 0.4) is 0 Å². The van der Waals surface area contributed by atoms with E-state index in [0.29, 0.717) is 17.1 Å². The molecule has 146 valence electrons. The molecule has 0 amide bonds. The summed E-state index contributed by atoms with van der Waals surface area (Å²) in [4.78, 5) is 17.6. The number of fused-ring (bicyclic) bond motifs is 3. The molecule has 6 heteroatoms. The summed E-state index contributed by atoms with van der Waals surface area (Å²) in [5, 5.41) is 12.1. The van der Waals surface area contributed by atoms with Gasteiger partial charge in [0.15, 0.2) is 17.0 Å². The number of halogens is 1. The van der Waals surface area contributed by atoms with Crippen LogP contribution in [-0.2, 0) is 16.0 Å². The zero-order valence-corrected chi connectivity index (χ0v) is 17.2. The zero-order chi connectivity index (χ0) is 20.2. The van der Waals surface area contributed by atoms with Crippen LogP contribution in [0.15, 0.2) is 71.5 Å². The van der Waals surface area contributed by atoms with Crippen molar-refractivity contribution in [3.05, 3.63) is 88.2 Å². The molecule has 3 atom stereocenters. The highest BCUT2D eigenvalue weighted by atomic mass is 79.9. The minimum absolute atomic E-state index is 0.154. The topological polar surface area (TPSA) is 68.7 Å². The molecule has 0 unspecified atom stereocenters. The summed E-state index contributed by atoms with van der Waals surface area (Å²) >= 11 is 3.46. The third kappa shape index (κ3) is 2.30. The van der Waals surface area contributed by atoms with Crippen LogP contribution in [0.1, 0.15) is 29.0 Å². The first-order chi connectivity index (χ1) is 14.0. The van der Waals surface area contributed by atoms with Gasteiger partial charge in [0.1, 0.15) is 11.5 Å². The van der Waals surface area contributed by atoms with Gasteiger partial charge in [-0.1, -0.05) is 58.4 Å². The van der Waals surface area contributed by atoms with Gasteiger partial charge >= 0.3 is 0 Å². The predicted molar refractivity (Wildman–Crippen MR) is 110 cm³/mol. The summed E-state index contributed by atoms with van der Waals surface area (Å²) in [5.41, 5.74) is -1.20. The van der Waals surface area contributed by atoms with E-state index in [-0.39, 0.29) is 18.1 Å². The number of hydrogen-bond donors (Lipinski definition) is 1. The molecule has 1 aromatic heterocycles. The number of carbonyl (C=O) groups is 1. The second kappa shape index (κ2) is 6.40. The molecular weight excluding hydrogens is 434 g/mol. The molecule has 0 bridgehead atoms. The van der Waals surface area contributed by atoms with Crippen molar-refractivity contribution >= 4 is 21.7 Å². The molecule has 29 heavy (non-hydrogen) atoms. The lowest BCUT2D eigenvalue weighted by molar-refractivity contribution is -0.151. The minimum Gasteiger partial charge on any atom is -0.495 e. The van der Waals surface area contributed by atoms with Gasteiger partial charge in [-0.15, -0.1) is 0 Å². The molecule has 1 N–H and O–H groups in total. The summed E-state index contributed by atoms with van der Waals surface area (Å²) in [6.07, 6.45) is 3.19. The van der Waals surface area contributed by atoms with Crippen LogP contribution in [0, 0.1) is 0 Å². The molecule has 1 aliphatic heterocycles. The number of aliphatic hydroxyl groups is 1. The summed E-state index contributed by atoms with van der Waals surface area (Å²) in [5.74, 6) is 0.0341. The van der Waals surface area contributed by atoms with Crippen molar-refractivity contribution in [3.63, 3.8) is 0 Å². The Bertz CT molecular complexity index is 1100. The number of methoxy groups -OCH3 is 1. The summed E-state index contributed by atoms with van der Waals surface area (Å²) < 4.78 is 12.9. The number of hydrogen-bond acceptors (Lipinski definition) is 5. The monoisotopic (exact) mass is 451 g/mol. The summed E-state index contributed by atoms with van der Waals surface area (Å²) in [6, 6.07) is 17.3. The molecule has 2 heterocycles. The second-order valence-corrected chi connectivity index (χ2v) is 8.28. The van der Waals surface area contributed by atoms with Crippen molar-refractivity contribution in [2.75, 3.05) is 7.11 Å². The standard InChI is InChI=1S/C23H18BrNO4/c1-28-18-12-25-13-19-21(18)22(27)20(26)11-17(14-5-3-2-4-6-14)23(22,29-19)15-7-9-16(24)10-8-15/h2-10,12-13,17,27H,11H2,1H3/t17-,22+,23-/m0/s1. The van der Waals surface area contributed by atoms with Gasteiger partial charge < -0.3 is 14.6 Å². The van der Waals surface area contributed by atoms with Gasteiger partial charge in [0.05, 0.1) is 25.1 Å². The maximum atomic E-state index is 13.4. The molecule has 0 spiro atoms. The fourth-order valence-corrected chi connectivity index (χ4v) is 5.06. The third-order valence-corrected chi connectivity index (χ3v) is 6.55. The lowest BCUT2D eigenvalue weighted by Gasteiger charge is -2.39. The van der Waals surface area contributed by atoms with Crippen molar-refractivity contribution in [1.82, 2.24) is 4.98 Å². The number of rotatable bonds is 3. The van der Waals surface area contributed by atoms with Gasteiger partial charge in [0.2, 0.25) is 0 Å². The van der Waals surface area contributed by atoms with Gasteiger partial charge in [-0.2, -0.15) is 0 Å². The summed E-state index contributed by atoms with van der Waals surface area (Å²) in [6.45, 7) is 0. The van der Waals surface area contributed by atoms with Gasteiger partial charge in [-0.25, -0.2) is 0 Å². The number of carbonyl (C=O) groups excluding carboxylic acids is 1. The van der Waals surface area contributed by atoms with E-state index in [0.717, 1.165) is 15.6 Å². The smallest absolute Gasteiger partial charge is 0.200 e. The Morgan fingerprint density at radius 2 is 1.86 bits per heavy atom. The van der Waals surface area contributed by atoms with Crippen LogP contribution in [0.5, 0.6) is 11.5 Å². The van der Waals surface area contributed by atoms with E-state index in [1.54, 1.807) is 0 Å². The van der Waals surface area contributed by atoms with Gasteiger partial charge in [0, 0.05) is 16.8 Å². The Labute approximate surface area is 176 Å². The van der Waals surface area contributed by atoms with Gasteiger partial charge in [0.25, 0.3) is 0 Å². The van der Waals surface area contributed by atoms with E-state index in [4.69, 9.17) is 9.47 Å². The highest BCUT2D eigenvalue weighted by Gasteiger charge is 2.74. The fraction of sp³-hybridized carbons (Fsp3) is 0.217. The van der Waals surface area contributed by atoms with Crippen LogP contribution in [0.2, 0.25) is 0 Å². The van der Waals surface area contributed by atoms with E-state index in [1.807, 2.05) is 54.6 Å². The largest absolute Gasteiger partial charge is 0.495 e. The van der Waals surface area contributed by atoms with Crippen LogP contribution < -0.4 is 9.47 Å². The SMILES string of the molecule is COc1cncc2c1[C@]1(O)C(=O)C[C@@H](c3ccccc3)[C@]1(c1ccc(Br)cc1)O2. The second-order valence-electron chi connectivity index (χ2n) is 7.36. The molecule has 5 rings (SSSR count). The molecule has 2 aromatic carbocycles. The molecule has 1 aliphatic carbocycles. The molecule has 1 fully saturated rings. The maximum absolute atomic E-state index is 13.4. The number of nitrogens with zero attached hydrogens (tertiary/aromatic N) is 1. The number of aromatic nitrogens is 1. The number of pyridine rings is 1. The third-order valence-electron chi connectivity index (χ3n) is 6.03. The van der Waals surface area contributed by atoms with Gasteiger partial charge in [-0.3, -0.25) is 9.78 Å². The zero-order valence-electron chi connectivity index (χ0n) is 15.6. The molecule has 0 radical (unpaired) electrons. The molecule has 1 saturated carbocycles. The van der Waals surface area contributed by atoms with Crippen LogP contribution >= 0.6 is 15.9 Å². The Hall–Kier alpha value is -2.70. The Balaban J connectivity index is 1.83. The molecule has 5 nitrogen and oxygen atoms in total. The normalized spacial score (nSPS) is 27.3. The summed E-state index contributed by atoms with van der Waals surface area (Å²) in [7, 11) is 1.49. The molecular formula is C23H18BrNO4. The number of ether oxygens (including phenoxy) is 2. The first kappa shape index (κ1) is 18.3. The Morgan fingerprint density at radius 3 is 2.55 bits per heavy atom. The average Bonchev–Trinajstić information content (AvgIpc) is 3.15. The van der Waals surface area contributed by atoms with E-state index >= 15 is 0 Å². The van der Waals surface area contributed by atoms with Crippen LogP contribution in [0.4, 0.5) is 0 Å². The Kier molecular flexibility index (Phi) is 4.05. The van der Waals surface area contributed by atoms with Gasteiger partial charge in [-0.05, 0) is 23.3 Å². The van der Waals surface area contributed by atoms with Crippen molar-refractivity contribution in [3.8, 4) is 11.5 Å². The Morgan fingerprint density at radius 1 is 1.14 bits per heavy atom. The van der Waals surface area contributed by atoms with Crippen molar-refractivity contribution in [1.29, 1.82) is 0 Å². The molecule has 3 aromatic rings. The highest BCUT2D eigenvalue weighted by molar-refractivity contribution is 9.10. The van der Waals surface area contributed by atoms with E-state index in [1.165, 1.54) is 19.5 Å².